The lowest BCUT2D eigenvalue weighted by atomic mass is 10.1. The molecule has 13 heavy (non-hydrogen) atoms. The van der Waals surface area contributed by atoms with Crippen molar-refractivity contribution in [2.24, 2.45) is 0 Å². The van der Waals surface area contributed by atoms with Gasteiger partial charge in [-0.15, -0.1) is 10.2 Å². The SMILES string of the molecule is CCc1noc(C)c1-c1nn[nH]n1. The van der Waals surface area contributed by atoms with Crippen LogP contribution < -0.4 is 0 Å². The molecule has 0 amide bonds. The molecule has 0 aliphatic heterocycles. The van der Waals surface area contributed by atoms with E-state index in [-0.39, 0.29) is 0 Å². The molecule has 6 nitrogen and oxygen atoms in total. The molecule has 0 radical (unpaired) electrons. The Hall–Kier alpha value is -1.72. The number of aryl methyl sites for hydroxylation is 2. The Balaban J connectivity index is 2.55. The summed E-state index contributed by atoms with van der Waals surface area (Å²) in [5.41, 5.74) is 1.70. The van der Waals surface area contributed by atoms with Gasteiger partial charge in [0.05, 0.1) is 11.3 Å². The lowest BCUT2D eigenvalue weighted by molar-refractivity contribution is 0.391. The smallest absolute Gasteiger partial charge is 0.210 e. The average Bonchev–Trinajstić information content (AvgIpc) is 2.72. The number of tetrazole rings is 1. The van der Waals surface area contributed by atoms with Crippen LogP contribution in [0.1, 0.15) is 18.4 Å². The third-order valence-corrected chi connectivity index (χ3v) is 1.84. The van der Waals surface area contributed by atoms with Gasteiger partial charge in [0.2, 0.25) is 5.82 Å². The minimum Gasteiger partial charge on any atom is -0.361 e. The molecule has 68 valence electrons. The first-order valence-electron chi connectivity index (χ1n) is 4.02. The van der Waals surface area contributed by atoms with Crippen molar-refractivity contribution in [3.05, 3.63) is 11.5 Å². The molecule has 0 fully saturated rings. The van der Waals surface area contributed by atoms with Crippen molar-refractivity contribution < 1.29 is 4.52 Å². The Labute approximate surface area is 74.3 Å². The van der Waals surface area contributed by atoms with E-state index in [2.05, 4.69) is 25.8 Å². The molecule has 0 aliphatic carbocycles. The van der Waals surface area contributed by atoms with Crippen molar-refractivity contribution in [1.82, 2.24) is 25.8 Å². The van der Waals surface area contributed by atoms with Crippen LogP contribution in [-0.2, 0) is 6.42 Å². The Kier molecular flexibility index (Phi) is 1.80. The van der Waals surface area contributed by atoms with Crippen LogP contribution in [0.4, 0.5) is 0 Å². The van der Waals surface area contributed by atoms with Crippen LogP contribution in [0.2, 0.25) is 0 Å². The largest absolute Gasteiger partial charge is 0.361 e. The fourth-order valence-corrected chi connectivity index (χ4v) is 1.21. The normalized spacial score (nSPS) is 10.6. The van der Waals surface area contributed by atoms with Crippen LogP contribution in [0.5, 0.6) is 0 Å². The van der Waals surface area contributed by atoms with Gasteiger partial charge in [0.15, 0.2) is 0 Å². The first-order chi connectivity index (χ1) is 6.33. The minimum absolute atomic E-state index is 0.538. The number of aromatic nitrogens is 5. The molecule has 0 spiro atoms. The molecule has 0 saturated carbocycles. The topological polar surface area (TPSA) is 80.5 Å². The summed E-state index contributed by atoms with van der Waals surface area (Å²) >= 11 is 0. The summed E-state index contributed by atoms with van der Waals surface area (Å²) < 4.78 is 5.04. The van der Waals surface area contributed by atoms with E-state index in [4.69, 9.17) is 4.52 Å². The van der Waals surface area contributed by atoms with Crippen LogP contribution >= 0.6 is 0 Å². The molecule has 0 saturated heterocycles. The monoisotopic (exact) mass is 179 g/mol. The molecule has 0 bridgehead atoms. The first kappa shape index (κ1) is 7.90. The summed E-state index contributed by atoms with van der Waals surface area (Å²) in [5.74, 6) is 1.26. The second-order valence-electron chi connectivity index (χ2n) is 2.65. The second-order valence-corrected chi connectivity index (χ2v) is 2.65. The number of nitrogens with zero attached hydrogens (tertiary/aromatic N) is 4. The molecule has 2 aromatic heterocycles. The number of hydrogen-bond donors (Lipinski definition) is 1. The van der Waals surface area contributed by atoms with Gasteiger partial charge in [-0.05, 0) is 18.6 Å². The molecule has 2 aromatic rings. The fourth-order valence-electron chi connectivity index (χ4n) is 1.21. The standard InChI is InChI=1S/C7H9N5O/c1-3-5-6(4(2)13-10-5)7-8-11-12-9-7/h3H2,1-2H3,(H,8,9,11,12). The van der Waals surface area contributed by atoms with Crippen molar-refractivity contribution in [2.75, 3.05) is 0 Å². The average molecular weight is 179 g/mol. The maximum Gasteiger partial charge on any atom is 0.210 e. The van der Waals surface area contributed by atoms with Gasteiger partial charge in [-0.1, -0.05) is 12.1 Å². The van der Waals surface area contributed by atoms with Gasteiger partial charge in [0.25, 0.3) is 0 Å². The molecule has 0 aromatic carbocycles. The maximum atomic E-state index is 5.04. The van der Waals surface area contributed by atoms with Gasteiger partial charge < -0.3 is 4.52 Å². The summed E-state index contributed by atoms with van der Waals surface area (Å²) in [4.78, 5) is 0. The lowest BCUT2D eigenvalue weighted by Crippen LogP contribution is -1.88. The predicted octanol–water partition coefficient (Wildman–Crippen LogP) is 0.726. The highest BCUT2D eigenvalue weighted by Crippen LogP contribution is 2.23. The minimum atomic E-state index is 0.538. The number of nitrogens with one attached hydrogen (secondary N) is 1. The van der Waals surface area contributed by atoms with E-state index < -0.39 is 0 Å². The Bertz CT molecular complexity index is 391. The molecular formula is C7H9N5O. The van der Waals surface area contributed by atoms with E-state index in [1.165, 1.54) is 0 Å². The summed E-state index contributed by atoms with van der Waals surface area (Å²) in [6.45, 7) is 3.83. The molecule has 6 heteroatoms. The molecule has 0 atom stereocenters. The summed E-state index contributed by atoms with van der Waals surface area (Å²) in [6.07, 6.45) is 0.793. The van der Waals surface area contributed by atoms with Crippen molar-refractivity contribution in [1.29, 1.82) is 0 Å². The third-order valence-electron chi connectivity index (χ3n) is 1.84. The lowest BCUT2D eigenvalue weighted by Gasteiger charge is -1.91. The maximum absolute atomic E-state index is 5.04. The van der Waals surface area contributed by atoms with Crippen LogP contribution in [0, 0.1) is 6.92 Å². The van der Waals surface area contributed by atoms with Gasteiger partial charge in [0.1, 0.15) is 5.76 Å². The van der Waals surface area contributed by atoms with E-state index in [0.717, 1.165) is 23.4 Å². The quantitative estimate of drug-likeness (QED) is 0.734. The summed E-state index contributed by atoms with van der Waals surface area (Å²) in [7, 11) is 0. The van der Waals surface area contributed by atoms with Crippen molar-refractivity contribution in [2.45, 2.75) is 20.3 Å². The Morgan fingerprint density at radius 1 is 1.46 bits per heavy atom. The Morgan fingerprint density at radius 2 is 2.31 bits per heavy atom. The number of aromatic amines is 1. The summed E-state index contributed by atoms with van der Waals surface area (Å²) in [6, 6.07) is 0. The van der Waals surface area contributed by atoms with Crippen molar-refractivity contribution in [3.8, 4) is 11.4 Å². The van der Waals surface area contributed by atoms with E-state index >= 15 is 0 Å². The molecule has 2 heterocycles. The van der Waals surface area contributed by atoms with Crippen LogP contribution in [0.3, 0.4) is 0 Å². The number of hydrogen-bond acceptors (Lipinski definition) is 5. The second kappa shape index (κ2) is 2.96. The fraction of sp³-hybridized carbons (Fsp3) is 0.429. The highest BCUT2D eigenvalue weighted by molar-refractivity contribution is 5.59. The van der Waals surface area contributed by atoms with Gasteiger partial charge in [-0.3, -0.25) is 0 Å². The molecular weight excluding hydrogens is 170 g/mol. The van der Waals surface area contributed by atoms with Crippen molar-refractivity contribution in [3.63, 3.8) is 0 Å². The first-order valence-corrected chi connectivity index (χ1v) is 4.02. The zero-order valence-electron chi connectivity index (χ0n) is 7.40. The third kappa shape index (κ3) is 1.20. The van der Waals surface area contributed by atoms with Gasteiger partial charge in [-0.25, -0.2) is 0 Å². The number of rotatable bonds is 2. The molecule has 1 N–H and O–H groups in total. The number of H-pyrrole nitrogens is 1. The zero-order chi connectivity index (χ0) is 9.26. The van der Waals surface area contributed by atoms with Crippen LogP contribution in [0.15, 0.2) is 4.52 Å². The zero-order valence-corrected chi connectivity index (χ0v) is 7.40. The molecule has 0 aliphatic rings. The predicted molar refractivity (Wildman–Crippen MR) is 43.8 cm³/mol. The van der Waals surface area contributed by atoms with Gasteiger partial charge in [-0.2, -0.15) is 5.21 Å². The Morgan fingerprint density at radius 3 is 2.92 bits per heavy atom. The van der Waals surface area contributed by atoms with E-state index in [1.807, 2.05) is 13.8 Å². The van der Waals surface area contributed by atoms with Crippen molar-refractivity contribution >= 4 is 0 Å². The van der Waals surface area contributed by atoms with E-state index in [0.29, 0.717) is 5.82 Å². The molecule has 2 rings (SSSR count). The van der Waals surface area contributed by atoms with E-state index in [1.54, 1.807) is 0 Å². The van der Waals surface area contributed by atoms with Gasteiger partial charge in [0, 0.05) is 0 Å². The van der Waals surface area contributed by atoms with Crippen LogP contribution in [0.25, 0.3) is 11.4 Å². The highest BCUT2D eigenvalue weighted by Gasteiger charge is 2.16. The summed E-state index contributed by atoms with van der Waals surface area (Å²) in [5, 5.41) is 17.5. The molecule has 0 unspecified atom stereocenters. The highest BCUT2D eigenvalue weighted by atomic mass is 16.5. The van der Waals surface area contributed by atoms with Crippen LogP contribution in [-0.4, -0.2) is 25.8 Å². The van der Waals surface area contributed by atoms with Gasteiger partial charge >= 0.3 is 0 Å². The van der Waals surface area contributed by atoms with E-state index in [9.17, 15) is 0 Å².